The first-order valence-electron chi connectivity index (χ1n) is 11.9. The average molecular weight is 458 g/mol. The third-order valence-corrected chi connectivity index (χ3v) is 7.61. The van der Waals surface area contributed by atoms with Crippen molar-refractivity contribution in [2.24, 2.45) is 23.7 Å². The van der Waals surface area contributed by atoms with Crippen molar-refractivity contribution in [3.63, 3.8) is 0 Å². The number of anilines is 3. The van der Waals surface area contributed by atoms with Crippen LogP contribution < -0.4 is 15.1 Å². The molecule has 2 aliphatic heterocycles. The van der Waals surface area contributed by atoms with E-state index in [4.69, 9.17) is 4.74 Å². The summed E-state index contributed by atoms with van der Waals surface area (Å²) >= 11 is 0. The van der Waals surface area contributed by atoms with E-state index in [1.807, 2.05) is 37.3 Å². The van der Waals surface area contributed by atoms with E-state index < -0.39 is 0 Å². The molecule has 1 saturated carbocycles. The van der Waals surface area contributed by atoms with Crippen LogP contribution >= 0.6 is 0 Å². The molecular weight excluding hydrogens is 430 g/mol. The van der Waals surface area contributed by atoms with Crippen LogP contribution in [0, 0.1) is 30.6 Å². The van der Waals surface area contributed by atoms with E-state index in [9.17, 15) is 14.4 Å². The maximum atomic E-state index is 13.4. The standard InChI is InChI=1S/C27H27N3O4/c1-16-2-6-19(7-3-16)28-25(31)21-15-20(8-9-22(21)29-10-12-34-13-11-29)30-26(32)23-17-4-5-18(14-17)24(23)27(30)33/h2-9,15,17-18,23-24H,10-14H2,1H3,(H,28,31)/t17-,18+,23-,24-/m0/s1. The van der Waals surface area contributed by atoms with Crippen LogP contribution in [0.3, 0.4) is 0 Å². The fraction of sp³-hybridized carbons (Fsp3) is 0.370. The molecule has 34 heavy (non-hydrogen) atoms. The number of fused-ring (bicyclic) bond motifs is 5. The molecule has 2 heterocycles. The Hall–Kier alpha value is -3.45. The van der Waals surface area contributed by atoms with Crippen LogP contribution in [0.2, 0.25) is 0 Å². The van der Waals surface area contributed by atoms with Gasteiger partial charge in [0.1, 0.15) is 0 Å². The molecule has 2 aromatic rings. The van der Waals surface area contributed by atoms with Crippen molar-refractivity contribution in [1.29, 1.82) is 0 Å². The van der Waals surface area contributed by atoms with Gasteiger partial charge in [-0.1, -0.05) is 29.8 Å². The quantitative estimate of drug-likeness (QED) is 0.563. The van der Waals surface area contributed by atoms with Crippen molar-refractivity contribution in [3.8, 4) is 0 Å². The van der Waals surface area contributed by atoms with Gasteiger partial charge in [0, 0.05) is 24.5 Å². The zero-order valence-electron chi connectivity index (χ0n) is 19.1. The number of carbonyl (C=O) groups is 3. The van der Waals surface area contributed by atoms with Gasteiger partial charge in [-0.05, 0) is 55.5 Å². The van der Waals surface area contributed by atoms with E-state index in [-0.39, 0.29) is 41.4 Å². The fourth-order valence-corrected chi connectivity index (χ4v) is 5.92. The molecule has 1 N–H and O–H groups in total. The fourth-order valence-electron chi connectivity index (χ4n) is 5.92. The van der Waals surface area contributed by atoms with Gasteiger partial charge < -0.3 is 15.0 Å². The van der Waals surface area contributed by atoms with Gasteiger partial charge in [-0.2, -0.15) is 0 Å². The summed E-state index contributed by atoms with van der Waals surface area (Å²) in [5, 5.41) is 2.97. The second kappa shape index (κ2) is 8.09. The van der Waals surface area contributed by atoms with Gasteiger partial charge in [0.15, 0.2) is 0 Å². The highest BCUT2D eigenvalue weighted by molar-refractivity contribution is 6.23. The molecule has 2 saturated heterocycles. The monoisotopic (exact) mass is 457 g/mol. The number of aryl methyl sites for hydroxylation is 1. The van der Waals surface area contributed by atoms with E-state index in [0.717, 1.165) is 17.7 Å². The molecule has 7 heteroatoms. The van der Waals surface area contributed by atoms with Crippen molar-refractivity contribution in [1.82, 2.24) is 0 Å². The highest BCUT2D eigenvalue weighted by atomic mass is 16.5. The highest BCUT2D eigenvalue weighted by Gasteiger charge is 2.59. The first-order chi connectivity index (χ1) is 16.5. The molecule has 0 radical (unpaired) electrons. The lowest BCUT2D eigenvalue weighted by molar-refractivity contribution is -0.123. The Kier molecular flexibility index (Phi) is 5.03. The topological polar surface area (TPSA) is 79.0 Å². The molecule has 2 aromatic carbocycles. The third kappa shape index (κ3) is 3.34. The van der Waals surface area contributed by atoms with Crippen molar-refractivity contribution < 1.29 is 19.1 Å². The summed E-state index contributed by atoms with van der Waals surface area (Å²) in [6, 6.07) is 13.0. The van der Waals surface area contributed by atoms with Gasteiger partial charge in [-0.25, -0.2) is 4.90 Å². The predicted octanol–water partition coefficient (Wildman–Crippen LogP) is 3.40. The highest BCUT2D eigenvalue weighted by Crippen LogP contribution is 2.53. The minimum Gasteiger partial charge on any atom is -0.378 e. The molecule has 6 rings (SSSR count). The van der Waals surface area contributed by atoms with Crippen molar-refractivity contribution in [2.75, 3.05) is 41.4 Å². The maximum Gasteiger partial charge on any atom is 0.257 e. The second-order valence-corrected chi connectivity index (χ2v) is 9.63. The number of hydrogen-bond acceptors (Lipinski definition) is 5. The number of carbonyl (C=O) groups excluding carboxylic acids is 3. The number of hydrogen-bond donors (Lipinski definition) is 1. The van der Waals surface area contributed by atoms with Crippen LogP contribution in [-0.2, 0) is 14.3 Å². The van der Waals surface area contributed by atoms with E-state index >= 15 is 0 Å². The Bertz CT molecular complexity index is 1170. The summed E-state index contributed by atoms with van der Waals surface area (Å²) in [5.74, 6) is -0.806. The Morgan fingerprint density at radius 2 is 1.59 bits per heavy atom. The Morgan fingerprint density at radius 3 is 2.24 bits per heavy atom. The molecule has 4 aliphatic rings. The number of rotatable bonds is 4. The second-order valence-electron chi connectivity index (χ2n) is 9.63. The van der Waals surface area contributed by atoms with Crippen LogP contribution in [0.4, 0.5) is 17.1 Å². The molecule has 3 fully saturated rings. The molecule has 0 spiro atoms. The molecule has 2 bridgehead atoms. The third-order valence-electron chi connectivity index (χ3n) is 7.61. The Labute approximate surface area is 198 Å². The lowest BCUT2D eigenvalue weighted by atomic mass is 9.85. The number of nitrogens with one attached hydrogen (secondary N) is 1. The van der Waals surface area contributed by atoms with Crippen molar-refractivity contribution in [2.45, 2.75) is 13.3 Å². The summed E-state index contributed by atoms with van der Waals surface area (Å²) in [6.45, 7) is 4.51. The average Bonchev–Trinajstić information content (AvgIpc) is 3.54. The van der Waals surface area contributed by atoms with Crippen LogP contribution in [-0.4, -0.2) is 44.0 Å². The van der Waals surface area contributed by atoms with Gasteiger partial charge in [0.2, 0.25) is 11.8 Å². The molecule has 7 nitrogen and oxygen atoms in total. The molecule has 3 amide bonds. The zero-order chi connectivity index (χ0) is 23.4. The summed E-state index contributed by atoms with van der Waals surface area (Å²) in [4.78, 5) is 43.5. The van der Waals surface area contributed by atoms with Gasteiger partial charge in [0.25, 0.3) is 5.91 Å². The number of allylic oxidation sites excluding steroid dienone is 2. The minimum atomic E-state index is -0.272. The molecule has 174 valence electrons. The Morgan fingerprint density at radius 1 is 0.941 bits per heavy atom. The summed E-state index contributed by atoms with van der Waals surface area (Å²) in [7, 11) is 0. The van der Waals surface area contributed by atoms with E-state index in [1.54, 1.807) is 12.1 Å². The van der Waals surface area contributed by atoms with E-state index in [2.05, 4.69) is 22.4 Å². The molecule has 0 aromatic heterocycles. The summed E-state index contributed by atoms with van der Waals surface area (Å²) in [6.07, 6.45) is 5.06. The smallest absolute Gasteiger partial charge is 0.257 e. The van der Waals surface area contributed by atoms with Gasteiger partial charge >= 0.3 is 0 Å². The van der Waals surface area contributed by atoms with Gasteiger partial charge in [-0.15, -0.1) is 0 Å². The zero-order valence-corrected chi connectivity index (χ0v) is 19.1. The number of nitrogens with zero attached hydrogens (tertiary/aromatic N) is 2. The maximum absolute atomic E-state index is 13.4. The predicted molar refractivity (Wildman–Crippen MR) is 129 cm³/mol. The van der Waals surface area contributed by atoms with Crippen molar-refractivity contribution >= 4 is 34.8 Å². The lowest BCUT2D eigenvalue weighted by Crippen LogP contribution is -2.38. The number of ether oxygens (including phenoxy) is 1. The van der Waals surface area contributed by atoms with Crippen LogP contribution in [0.5, 0.6) is 0 Å². The molecular formula is C27H27N3O4. The Balaban J connectivity index is 1.35. The SMILES string of the molecule is Cc1ccc(NC(=O)c2cc(N3C(=O)[C@@H]4[C@@H](C3=O)[C@H]3C=C[C@@H]4C3)ccc2N2CCOCC2)cc1. The van der Waals surface area contributed by atoms with Crippen molar-refractivity contribution in [3.05, 3.63) is 65.7 Å². The summed E-state index contributed by atoms with van der Waals surface area (Å²) < 4.78 is 5.48. The normalized spacial score (nSPS) is 27.4. The van der Waals surface area contributed by atoms with Crippen LogP contribution in [0.1, 0.15) is 22.3 Å². The van der Waals surface area contributed by atoms with Crippen LogP contribution in [0.25, 0.3) is 0 Å². The van der Waals surface area contributed by atoms with E-state index in [0.29, 0.717) is 43.2 Å². The minimum absolute atomic E-state index is 0.143. The van der Waals surface area contributed by atoms with E-state index in [1.165, 1.54) is 4.90 Å². The van der Waals surface area contributed by atoms with Crippen LogP contribution in [0.15, 0.2) is 54.6 Å². The van der Waals surface area contributed by atoms with Gasteiger partial charge in [-0.3, -0.25) is 14.4 Å². The number of imide groups is 1. The summed E-state index contributed by atoms with van der Waals surface area (Å²) in [5.41, 5.74) is 3.49. The number of amides is 3. The number of benzene rings is 2. The number of morpholine rings is 1. The molecule has 2 aliphatic carbocycles. The van der Waals surface area contributed by atoms with Gasteiger partial charge in [0.05, 0.1) is 36.3 Å². The lowest BCUT2D eigenvalue weighted by Gasteiger charge is -2.31. The first kappa shape index (κ1) is 21.1. The molecule has 0 unspecified atom stereocenters. The molecule has 4 atom stereocenters. The first-order valence-corrected chi connectivity index (χ1v) is 11.9. The largest absolute Gasteiger partial charge is 0.378 e.